The van der Waals surface area contributed by atoms with Gasteiger partial charge < -0.3 is 19.9 Å². The van der Waals surface area contributed by atoms with Crippen LogP contribution in [0.2, 0.25) is 0 Å². The van der Waals surface area contributed by atoms with E-state index < -0.39 is 29.1 Å². The Hall–Kier alpha value is -1.67. The zero-order chi connectivity index (χ0) is 18.2. The summed E-state index contributed by atoms with van der Waals surface area (Å²) in [5.41, 5.74) is 4.03. The Morgan fingerprint density at radius 3 is 2.84 bits per heavy atom. The molecule has 138 valence electrons. The summed E-state index contributed by atoms with van der Waals surface area (Å²) in [6, 6.07) is 0. The Morgan fingerprint density at radius 2 is 2.20 bits per heavy atom. The third-order valence-corrected chi connectivity index (χ3v) is 5.47. The monoisotopic (exact) mass is 368 g/mol. The molecule has 0 radical (unpaired) electrons. The molecule has 1 aromatic heterocycles. The van der Waals surface area contributed by atoms with Crippen molar-refractivity contribution in [1.82, 2.24) is 4.98 Å². The molecule has 0 aromatic carbocycles. The second kappa shape index (κ2) is 6.57. The van der Waals surface area contributed by atoms with Crippen LogP contribution >= 0.6 is 11.3 Å². The van der Waals surface area contributed by atoms with Crippen molar-refractivity contribution in [3.63, 3.8) is 0 Å². The first-order chi connectivity index (χ1) is 11.7. The summed E-state index contributed by atoms with van der Waals surface area (Å²) in [5.74, 6) is -0.522. The lowest BCUT2D eigenvalue weighted by Crippen LogP contribution is -2.32. The van der Waals surface area contributed by atoms with Crippen molar-refractivity contribution in [3.8, 4) is 0 Å². The quantitative estimate of drug-likeness (QED) is 0.467. The minimum atomic E-state index is -1.26. The first-order valence-electron chi connectivity index (χ1n) is 8.49. The topological polar surface area (TPSA) is 101 Å². The molecule has 3 heterocycles. The number of aromatic nitrogens is 1. The molecule has 3 rings (SSSR count). The van der Waals surface area contributed by atoms with Crippen molar-refractivity contribution in [3.05, 3.63) is 11.1 Å². The summed E-state index contributed by atoms with van der Waals surface area (Å²) in [6.07, 6.45) is 1.01. The minimum absolute atomic E-state index is 0.212. The molecule has 25 heavy (non-hydrogen) atoms. The first kappa shape index (κ1) is 18.1. The Labute approximate surface area is 150 Å². The van der Waals surface area contributed by atoms with Gasteiger partial charge in [0.25, 0.3) is 0 Å². The zero-order valence-corrected chi connectivity index (χ0v) is 15.6. The lowest BCUT2D eigenvalue weighted by Gasteiger charge is -2.20. The first-order valence-corrected chi connectivity index (χ1v) is 9.37. The van der Waals surface area contributed by atoms with Crippen LogP contribution in [-0.2, 0) is 29.4 Å². The number of thiazole rings is 1. The van der Waals surface area contributed by atoms with Gasteiger partial charge in [-0.1, -0.05) is 13.8 Å². The molecule has 0 bridgehead atoms. The maximum atomic E-state index is 12.5. The molecule has 3 atom stereocenters. The molecule has 2 N–H and O–H groups in total. The molecule has 0 aliphatic carbocycles. The number of esters is 2. The van der Waals surface area contributed by atoms with Crippen LogP contribution in [0.25, 0.3) is 0 Å². The van der Waals surface area contributed by atoms with Gasteiger partial charge in [-0.2, -0.15) is 0 Å². The molecule has 1 aromatic rings. The Balaban J connectivity index is 1.67. The largest absolute Gasteiger partial charge is 0.459 e. The fourth-order valence-electron chi connectivity index (χ4n) is 3.38. The van der Waals surface area contributed by atoms with Crippen LogP contribution in [0.5, 0.6) is 0 Å². The molecule has 0 amide bonds. The van der Waals surface area contributed by atoms with Crippen LogP contribution in [0.3, 0.4) is 0 Å². The van der Waals surface area contributed by atoms with Crippen molar-refractivity contribution in [2.75, 3.05) is 18.9 Å². The van der Waals surface area contributed by atoms with Gasteiger partial charge in [-0.15, -0.1) is 11.3 Å². The van der Waals surface area contributed by atoms with Crippen LogP contribution in [-0.4, -0.2) is 36.2 Å². The highest BCUT2D eigenvalue weighted by molar-refractivity contribution is 7.13. The van der Waals surface area contributed by atoms with E-state index in [-0.39, 0.29) is 12.8 Å². The summed E-state index contributed by atoms with van der Waals surface area (Å²) >= 11 is 1.28. The predicted molar refractivity (Wildman–Crippen MR) is 91.8 cm³/mol. The maximum absolute atomic E-state index is 12.5. The van der Waals surface area contributed by atoms with Crippen molar-refractivity contribution in [2.45, 2.75) is 51.7 Å². The molecule has 2 fully saturated rings. The van der Waals surface area contributed by atoms with E-state index in [4.69, 9.17) is 19.9 Å². The van der Waals surface area contributed by atoms with Gasteiger partial charge in [-0.05, 0) is 19.3 Å². The van der Waals surface area contributed by atoms with E-state index in [1.807, 2.05) is 0 Å². The van der Waals surface area contributed by atoms with E-state index >= 15 is 0 Å². The number of rotatable bonds is 6. The number of cyclic esters (lactones) is 2. The average molecular weight is 368 g/mol. The van der Waals surface area contributed by atoms with Crippen LogP contribution in [0.4, 0.5) is 5.13 Å². The van der Waals surface area contributed by atoms with Gasteiger partial charge in [0.1, 0.15) is 6.10 Å². The molecule has 7 nitrogen and oxygen atoms in total. The van der Waals surface area contributed by atoms with Crippen molar-refractivity contribution >= 4 is 28.4 Å². The van der Waals surface area contributed by atoms with Crippen LogP contribution in [0, 0.1) is 11.3 Å². The second-order valence-electron chi connectivity index (χ2n) is 7.44. The number of nitrogens with two attached hydrogens (primary N) is 1. The number of hydrogen-bond donors (Lipinski definition) is 1. The Kier molecular flexibility index (Phi) is 4.76. The van der Waals surface area contributed by atoms with Gasteiger partial charge in [0, 0.05) is 24.8 Å². The molecule has 2 aliphatic heterocycles. The van der Waals surface area contributed by atoms with E-state index in [2.05, 4.69) is 18.8 Å². The Bertz CT molecular complexity index is 676. The number of ether oxygens (including phenoxy) is 3. The maximum Gasteiger partial charge on any atom is 0.324 e. The number of nitrogens with zero attached hydrogens (tertiary/aromatic N) is 1. The molecular weight excluding hydrogens is 344 g/mol. The van der Waals surface area contributed by atoms with Crippen LogP contribution in [0.15, 0.2) is 5.38 Å². The molecule has 1 spiro atoms. The fraction of sp³-hybridized carbons (Fsp3) is 0.706. The van der Waals surface area contributed by atoms with Gasteiger partial charge in [0.05, 0.1) is 12.3 Å². The third-order valence-electron chi connectivity index (χ3n) is 4.80. The molecule has 0 unspecified atom stereocenters. The van der Waals surface area contributed by atoms with Crippen molar-refractivity contribution in [1.29, 1.82) is 0 Å². The molecule has 0 saturated carbocycles. The third kappa shape index (κ3) is 3.37. The molecule has 2 aliphatic rings. The smallest absolute Gasteiger partial charge is 0.324 e. The average Bonchev–Trinajstić information content (AvgIpc) is 3.16. The number of hydrogen-bond acceptors (Lipinski definition) is 8. The fourth-order valence-corrected chi connectivity index (χ4v) is 4.06. The lowest BCUT2D eigenvalue weighted by atomic mass is 9.78. The highest BCUT2D eigenvalue weighted by atomic mass is 32.1. The van der Waals surface area contributed by atoms with Gasteiger partial charge in [-0.3, -0.25) is 9.59 Å². The van der Waals surface area contributed by atoms with E-state index in [0.29, 0.717) is 30.0 Å². The number of carbonyl (C=O) groups excluding carboxylic acids is 2. The van der Waals surface area contributed by atoms with E-state index in [1.54, 1.807) is 12.3 Å². The van der Waals surface area contributed by atoms with Gasteiger partial charge in [-0.25, -0.2) is 4.98 Å². The summed E-state index contributed by atoms with van der Waals surface area (Å²) in [4.78, 5) is 29.2. The second-order valence-corrected chi connectivity index (χ2v) is 8.33. The summed E-state index contributed by atoms with van der Waals surface area (Å²) in [5, 5.41) is 2.16. The van der Waals surface area contributed by atoms with Gasteiger partial charge >= 0.3 is 11.9 Å². The van der Waals surface area contributed by atoms with Crippen LogP contribution in [0.1, 0.15) is 45.7 Å². The number of anilines is 1. The Morgan fingerprint density at radius 1 is 1.44 bits per heavy atom. The highest BCUT2D eigenvalue weighted by Gasteiger charge is 2.65. The standard InChI is InChI=1S/C17H24N2O5S/c1-10(2)4-5-22-7-11-6-17(13(20)23-11)9-16(3,24-14(17)21)12-8-25-15(18)19-12/h8,10-11H,4-7,9H2,1-3H3,(H2,18,19)/t11-,16-,17-/m1/s1. The number of carbonyl (C=O) groups is 2. The molecular formula is C17H24N2O5S. The van der Waals surface area contributed by atoms with Crippen molar-refractivity contribution < 1.29 is 23.8 Å². The van der Waals surface area contributed by atoms with Crippen molar-refractivity contribution in [2.24, 2.45) is 11.3 Å². The summed E-state index contributed by atoms with van der Waals surface area (Å²) in [7, 11) is 0. The normalized spacial score (nSPS) is 31.8. The van der Waals surface area contributed by atoms with Crippen LogP contribution < -0.4 is 5.73 Å². The SMILES string of the molecule is CC(C)CCOC[C@H]1C[C@@]2(C[C@](C)(c3csc(N)n3)OC2=O)C(=O)O1. The van der Waals surface area contributed by atoms with E-state index in [9.17, 15) is 9.59 Å². The summed E-state index contributed by atoms with van der Waals surface area (Å²) < 4.78 is 16.6. The van der Waals surface area contributed by atoms with Gasteiger partial charge in [0.15, 0.2) is 16.1 Å². The predicted octanol–water partition coefficient (Wildman–Crippen LogP) is 2.25. The number of nitrogen functional groups attached to an aromatic ring is 1. The summed E-state index contributed by atoms with van der Waals surface area (Å²) in [6.45, 7) is 6.91. The zero-order valence-electron chi connectivity index (χ0n) is 14.7. The molecule has 2 saturated heterocycles. The lowest BCUT2D eigenvalue weighted by molar-refractivity contribution is -0.160. The highest BCUT2D eigenvalue weighted by Crippen LogP contribution is 2.52. The minimum Gasteiger partial charge on any atom is -0.459 e. The van der Waals surface area contributed by atoms with Gasteiger partial charge in [0.2, 0.25) is 0 Å². The van der Waals surface area contributed by atoms with E-state index in [1.165, 1.54) is 11.3 Å². The molecule has 8 heteroatoms. The van der Waals surface area contributed by atoms with E-state index in [0.717, 1.165) is 6.42 Å².